The molecule has 2 aliphatic rings. The number of amides is 2. The largest absolute Gasteiger partial charge is 0.480 e. The van der Waals surface area contributed by atoms with Gasteiger partial charge in [-0.2, -0.15) is 0 Å². The van der Waals surface area contributed by atoms with Crippen LogP contribution >= 0.6 is 0 Å². The van der Waals surface area contributed by atoms with Gasteiger partial charge in [-0.05, 0) is 38.6 Å². The van der Waals surface area contributed by atoms with Crippen LogP contribution in [0.3, 0.4) is 0 Å². The molecule has 1 saturated carbocycles. The van der Waals surface area contributed by atoms with Crippen molar-refractivity contribution in [3.8, 4) is 0 Å². The smallest absolute Gasteiger partial charge is 0.317 e. The van der Waals surface area contributed by atoms with Gasteiger partial charge in [0.25, 0.3) is 0 Å². The summed E-state index contributed by atoms with van der Waals surface area (Å²) in [6.07, 6.45) is 11.9. The number of carbonyl (C=O) groups is 2. The maximum Gasteiger partial charge on any atom is 0.317 e. The molecule has 0 aromatic carbocycles. The summed E-state index contributed by atoms with van der Waals surface area (Å²) in [5, 5.41) is 12.0. The number of urea groups is 1. The molecule has 1 saturated heterocycles. The molecule has 0 radical (unpaired) electrons. The first-order valence-corrected chi connectivity index (χ1v) is 10.0. The Hall–Kier alpha value is -1.30. The van der Waals surface area contributed by atoms with E-state index in [2.05, 4.69) is 5.32 Å². The molecular formula is C19H35N3O3. The second kappa shape index (κ2) is 10.6. The first kappa shape index (κ1) is 20.0. The summed E-state index contributed by atoms with van der Waals surface area (Å²) in [6, 6.07) is 0.294. The maximum absolute atomic E-state index is 12.3. The number of rotatable bonds is 8. The van der Waals surface area contributed by atoms with Crippen molar-refractivity contribution in [2.24, 2.45) is 5.92 Å². The number of aliphatic carboxylic acids is 1. The lowest BCUT2D eigenvalue weighted by molar-refractivity contribution is -0.138. The van der Waals surface area contributed by atoms with E-state index in [0.717, 1.165) is 44.7 Å². The molecule has 1 heterocycles. The number of carbonyl (C=O) groups excluding carboxylic acids is 1. The molecule has 1 unspecified atom stereocenters. The van der Waals surface area contributed by atoms with Crippen molar-refractivity contribution in [3.63, 3.8) is 0 Å². The first-order chi connectivity index (χ1) is 12.1. The Labute approximate surface area is 151 Å². The summed E-state index contributed by atoms with van der Waals surface area (Å²) >= 11 is 0. The molecule has 0 bridgehead atoms. The molecule has 144 valence electrons. The van der Waals surface area contributed by atoms with Gasteiger partial charge in [0, 0.05) is 25.7 Å². The van der Waals surface area contributed by atoms with E-state index in [4.69, 9.17) is 5.11 Å². The third kappa shape index (κ3) is 7.22. The van der Waals surface area contributed by atoms with Crippen LogP contribution in [0.4, 0.5) is 4.79 Å². The van der Waals surface area contributed by atoms with Gasteiger partial charge < -0.3 is 15.3 Å². The lowest BCUT2D eigenvalue weighted by Gasteiger charge is -2.25. The van der Waals surface area contributed by atoms with Crippen LogP contribution in [0.5, 0.6) is 0 Å². The predicted octanol–water partition coefficient (Wildman–Crippen LogP) is 2.93. The topological polar surface area (TPSA) is 72.9 Å². The van der Waals surface area contributed by atoms with E-state index in [-0.39, 0.29) is 18.6 Å². The van der Waals surface area contributed by atoms with Crippen molar-refractivity contribution in [1.82, 2.24) is 15.1 Å². The molecule has 2 fully saturated rings. The Morgan fingerprint density at radius 3 is 2.56 bits per heavy atom. The molecule has 25 heavy (non-hydrogen) atoms. The second-order valence-electron chi connectivity index (χ2n) is 7.76. The molecule has 2 amide bonds. The van der Waals surface area contributed by atoms with Gasteiger partial charge in [0.1, 0.15) is 0 Å². The average molecular weight is 354 g/mol. The fraction of sp³-hybridized carbons (Fsp3) is 0.895. The number of likely N-dealkylation sites (N-methyl/N-ethyl adjacent to an activating group) is 1. The number of nitrogens with zero attached hydrogens (tertiary/aromatic N) is 2. The number of hydrogen-bond acceptors (Lipinski definition) is 3. The Balaban J connectivity index is 1.60. The van der Waals surface area contributed by atoms with Crippen molar-refractivity contribution in [2.45, 2.75) is 70.3 Å². The highest BCUT2D eigenvalue weighted by Gasteiger charge is 2.23. The van der Waals surface area contributed by atoms with Crippen molar-refractivity contribution in [1.29, 1.82) is 0 Å². The zero-order chi connectivity index (χ0) is 18.1. The fourth-order valence-electron chi connectivity index (χ4n) is 4.23. The van der Waals surface area contributed by atoms with Gasteiger partial charge >= 0.3 is 12.0 Å². The van der Waals surface area contributed by atoms with Gasteiger partial charge in [0.2, 0.25) is 0 Å². The molecular weight excluding hydrogens is 318 g/mol. The summed E-state index contributed by atoms with van der Waals surface area (Å²) in [5.41, 5.74) is 0. The molecule has 0 aromatic heterocycles. The van der Waals surface area contributed by atoms with Crippen molar-refractivity contribution >= 4 is 12.0 Å². The summed E-state index contributed by atoms with van der Waals surface area (Å²) < 4.78 is 0. The second-order valence-corrected chi connectivity index (χ2v) is 7.76. The quantitative estimate of drug-likeness (QED) is 0.658. The SMILES string of the molecule is CN(CC(=O)O)C1CCCN(C(=O)NCCCCC2CCCC2)CC1. The van der Waals surface area contributed by atoms with Crippen LogP contribution < -0.4 is 5.32 Å². The molecule has 2 rings (SSSR count). The standard InChI is InChI=1S/C19H35N3O3/c1-21(15-18(23)24)17-10-6-13-22(14-11-17)19(25)20-12-5-4-9-16-7-2-3-8-16/h16-17H,2-15H2,1H3,(H,20,25)(H,23,24). The normalized spacial score (nSPS) is 22.2. The highest BCUT2D eigenvalue weighted by molar-refractivity contribution is 5.74. The van der Waals surface area contributed by atoms with Gasteiger partial charge in [-0.1, -0.05) is 38.5 Å². The Morgan fingerprint density at radius 2 is 1.84 bits per heavy atom. The van der Waals surface area contributed by atoms with E-state index in [1.54, 1.807) is 0 Å². The van der Waals surface area contributed by atoms with E-state index >= 15 is 0 Å². The number of carboxylic acids is 1. The average Bonchev–Trinajstić information content (AvgIpc) is 2.95. The van der Waals surface area contributed by atoms with E-state index in [1.165, 1.54) is 38.5 Å². The van der Waals surface area contributed by atoms with Gasteiger partial charge in [-0.25, -0.2) is 4.79 Å². The minimum atomic E-state index is -0.793. The van der Waals surface area contributed by atoms with E-state index in [9.17, 15) is 9.59 Å². The van der Waals surface area contributed by atoms with Crippen LogP contribution in [0.2, 0.25) is 0 Å². The molecule has 6 nitrogen and oxygen atoms in total. The summed E-state index contributed by atoms with van der Waals surface area (Å²) in [5.74, 6) is 0.139. The number of carboxylic acid groups (broad SMARTS) is 1. The molecule has 6 heteroatoms. The molecule has 2 N–H and O–H groups in total. The van der Waals surface area contributed by atoms with Crippen LogP contribution in [0, 0.1) is 5.92 Å². The summed E-state index contributed by atoms with van der Waals surface area (Å²) in [7, 11) is 1.86. The number of likely N-dealkylation sites (tertiary alicyclic amines) is 1. The number of unbranched alkanes of at least 4 members (excludes halogenated alkanes) is 1. The molecule has 0 aromatic rings. The van der Waals surface area contributed by atoms with Crippen molar-refractivity contribution in [2.75, 3.05) is 33.2 Å². The lowest BCUT2D eigenvalue weighted by atomic mass is 10.0. The van der Waals surface area contributed by atoms with Crippen molar-refractivity contribution < 1.29 is 14.7 Å². The van der Waals surface area contributed by atoms with Crippen LogP contribution in [0.15, 0.2) is 0 Å². The summed E-state index contributed by atoms with van der Waals surface area (Å²) in [6.45, 7) is 2.32. The van der Waals surface area contributed by atoms with Crippen LogP contribution in [0.1, 0.15) is 64.2 Å². The van der Waals surface area contributed by atoms with Gasteiger partial charge in [0.05, 0.1) is 6.54 Å². The predicted molar refractivity (Wildman–Crippen MR) is 98.7 cm³/mol. The molecule has 0 spiro atoms. The Bertz CT molecular complexity index is 424. The van der Waals surface area contributed by atoms with Crippen molar-refractivity contribution in [3.05, 3.63) is 0 Å². The van der Waals surface area contributed by atoms with Gasteiger partial charge in [-0.15, -0.1) is 0 Å². The zero-order valence-electron chi connectivity index (χ0n) is 15.7. The van der Waals surface area contributed by atoms with Crippen LogP contribution in [-0.4, -0.2) is 66.2 Å². The molecule has 1 aliphatic carbocycles. The fourth-order valence-corrected chi connectivity index (χ4v) is 4.23. The highest BCUT2D eigenvalue weighted by atomic mass is 16.4. The maximum atomic E-state index is 12.3. The van der Waals surface area contributed by atoms with E-state index in [1.807, 2.05) is 16.8 Å². The highest BCUT2D eigenvalue weighted by Crippen LogP contribution is 2.28. The van der Waals surface area contributed by atoms with Gasteiger partial charge in [0.15, 0.2) is 0 Å². The van der Waals surface area contributed by atoms with Gasteiger partial charge in [-0.3, -0.25) is 9.69 Å². The third-order valence-corrected chi connectivity index (χ3v) is 5.78. The lowest BCUT2D eigenvalue weighted by Crippen LogP contribution is -2.41. The van der Waals surface area contributed by atoms with Crippen LogP contribution in [0.25, 0.3) is 0 Å². The summed E-state index contributed by atoms with van der Waals surface area (Å²) in [4.78, 5) is 27.0. The van der Waals surface area contributed by atoms with E-state index in [0.29, 0.717) is 6.54 Å². The minimum absolute atomic E-state index is 0.0439. The zero-order valence-corrected chi connectivity index (χ0v) is 15.7. The number of nitrogens with one attached hydrogen (secondary N) is 1. The third-order valence-electron chi connectivity index (χ3n) is 5.78. The first-order valence-electron chi connectivity index (χ1n) is 10.0. The Kier molecular flexibility index (Phi) is 8.52. The monoisotopic (exact) mass is 353 g/mol. The number of hydrogen-bond donors (Lipinski definition) is 2. The minimum Gasteiger partial charge on any atom is -0.480 e. The Morgan fingerprint density at radius 1 is 1.08 bits per heavy atom. The molecule has 1 atom stereocenters. The van der Waals surface area contributed by atoms with Crippen LogP contribution in [-0.2, 0) is 4.79 Å². The van der Waals surface area contributed by atoms with E-state index < -0.39 is 5.97 Å². The molecule has 1 aliphatic heterocycles.